The Bertz CT molecular complexity index is 1060. The van der Waals surface area contributed by atoms with Crippen molar-refractivity contribution in [2.45, 2.75) is 44.7 Å². The van der Waals surface area contributed by atoms with E-state index in [4.69, 9.17) is 0 Å². The molecule has 0 fully saturated rings. The lowest BCUT2D eigenvalue weighted by Crippen LogP contribution is -2.35. The number of non-ortho nitro benzene ring substituents is 1. The summed E-state index contributed by atoms with van der Waals surface area (Å²) in [5.41, 5.74) is 0.919. The fraction of sp³-hybridized carbons (Fsp3) is 0.412. The highest BCUT2D eigenvalue weighted by molar-refractivity contribution is 7.89. The summed E-state index contributed by atoms with van der Waals surface area (Å²) in [4.78, 5) is 27.3. The highest BCUT2D eigenvalue weighted by Gasteiger charge is 2.32. The van der Waals surface area contributed by atoms with Crippen LogP contribution in [-0.4, -0.2) is 41.2 Å². The zero-order valence-corrected chi connectivity index (χ0v) is 17.8. The van der Waals surface area contributed by atoms with Crippen molar-refractivity contribution in [2.24, 2.45) is 0 Å². The number of nitro groups is 1. The van der Waals surface area contributed by atoms with Gasteiger partial charge in [0.2, 0.25) is 10.0 Å². The summed E-state index contributed by atoms with van der Waals surface area (Å²) in [6.45, 7) is 5.59. The summed E-state index contributed by atoms with van der Waals surface area (Å²) in [7, 11) is -3.91. The van der Waals surface area contributed by atoms with E-state index in [1.807, 2.05) is 13.8 Å². The van der Waals surface area contributed by atoms with Crippen molar-refractivity contribution in [3.8, 4) is 0 Å². The molecule has 1 aliphatic heterocycles. The average Bonchev–Trinajstić information content (AvgIpc) is 3.02. The van der Waals surface area contributed by atoms with Crippen LogP contribution in [0.2, 0.25) is 0 Å². The van der Waals surface area contributed by atoms with Crippen LogP contribution >= 0.6 is 11.3 Å². The van der Waals surface area contributed by atoms with E-state index < -0.39 is 14.9 Å². The Kier molecular flexibility index (Phi) is 5.87. The normalized spacial score (nSPS) is 14.5. The number of anilines is 1. The smallest absolute Gasteiger partial charge is 0.321 e. The van der Waals surface area contributed by atoms with E-state index >= 15 is 0 Å². The van der Waals surface area contributed by atoms with Crippen LogP contribution in [0, 0.1) is 17.0 Å². The number of hydrogen-bond acceptors (Lipinski definition) is 7. The van der Waals surface area contributed by atoms with Crippen LogP contribution in [0.1, 0.15) is 30.0 Å². The third kappa shape index (κ3) is 4.54. The van der Waals surface area contributed by atoms with Crippen molar-refractivity contribution >= 4 is 38.2 Å². The summed E-state index contributed by atoms with van der Waals surface area (Å²) in [5.74, 6) is 0. The minimum atomic E-state index is -3.91. The third-order valence-electron chi connectivity index (χ3n) is 4.34. The molecule has 1 aromatic heterocycles. The van der Waals surface area contributed by atoms with Gasteiger partial charge in [0.25, 0.3) is 5.69 Å². The van der Waals surface area contributed by atoms with Gasteiger partial charge in [0.05, 0.1) is 22.1 Å². The number of thiazole rings is 1. The molecule has 12 heteroatoms. The first-order valence-corrected chi connectivity index (χ1v) is 11.1. The molecule has 10 nitrogen and oxygen atoms in total. The predicted octanol–water partition coefficient (Wildman–Crippen LogP) is 2.64. The number of nitrogens with zero attached hydrogens (tertiary/aromatic N) is 3. The molecule has 0 aliphatic carbocycles. The number of sulfonamides is 1. The number of hydrogen-bond donors (Lipinski definition) is 2. The zero-order valence-electron chi connectivity index (χ0n) is 16.1. The SMILES string of the molecule is Cc1ccc([N+](=O)[O-])cc1S(=O)(=O)N1CCc2nc(NC(=O)NC(C)C)sc2C1. The lowest BCUT2D eigenvalue weighted by molar-refractivity contribution is -0.385. The van der Waals surface area contributed by atoms with E-state index in [2.05, 4.69) is 15.6 Å². The first-order valence-electron chi connectivity index (χ1n) is 8.89. The molecule has 1 aromatic carbocycles. The minimum Gasteiger partial charge on any atom is -0.336 e. The Morgan fingerprint density at radius 3 is 2.76 bits per heavy atom. The second-order valence-corrected chi connectivity index (χ2v) is 9.93. The Morgan fingerprint density at radius 1 is 1.38 bits per heavy atom. The molecule has 0 spiro atoms. The van der Waals surface area contributed by atoms with Crippen molar-refractivity contribution < 1.29 is 18.1 Å². The Labute approximate surface area is 172 Å². The Morgan fingerprint density at radius 2 is 2.10 bits per heavy atom. The van der Waals surface area contributed by atoms with Crippen LogP contribution in [0.15, 0.2) is 23.1 Å². The molecular weight excluding hydrogens is 418 g/mol. The van der Waals surface area contributed by atoms with Crippen molar-refractivity contribution in [2.75, 3.05) is 11.9 Å². The van der Waals surface area contributed by atoms with Gasteiger partial charge in [-0.1, -0.05) is 17.4 Å². The molecule has 1 aliphatic rings. The molecule has 0 saturated heterocycles. The average molecular weight is 440 g/mol. The van der Waals surface area contributed by atoms with Crippen molar-refractivity contribution in [1.29, 1.82) is 0 Å². The molecule has 29 heavy (non-hydrogen) atoms. The first-order chi connectivity index (χ1) is 13.6. The van der Waals surface area contributed by atoms with Gasteiger partial charge in [0.15, 0.2) is 5.13 Å². The molecule has 0 unspecified atom stereocenters. The maximum Gasteiger partial charge on any atom is 0.321 e. The fourth-order valence-electron chi connectivity index (χ4n) is 2.95. The zero-order chi connectivity index (χ0) is 21.3. The van der Waals surface area contributed by atoms with Gasteiger partial charge in [-0.25, -0.2) is 18.2 Å². The van der Waals surface area contributed by atoms with Gasteiger partial charge in [-0.05, 0) is 26.3 Å². The number of amides is 2. The van der Waals surface area contributed by atoms with Gasteiger partial charge in [-0.15, -0.1) is 0 Å². The van der Waals surface area contributed by atoms with Gasteiger partial charge in [0.1, 0.15) is 0 Å². The number of aromatic nitrogens is 1. The Balaban J connectivity index is 1.83. The molecule has 3 rings (SSSR count). The quantitative estimate of drug-likeness (QED) is 0.543. The number of nitrogens with one attached hydrogen (secondary N) is 2. The highest BCUT2D eigenvalue weighted by Crippen LogP contribution is 2.32. The number of carbonyl (C=O) groups excluding carboxylic acids is 1. The van der Waals surface area contributed by atoms with E-state index in [0.29, 0.717) is 17.1 Å². The summed E-state index contributed by atoms with van der Waals surface area (Å²) < 4.78 is 27.5. The van der Waals surface area contributed by atoms with Gasteiger partial charge in [0, 0.05) is 36.0 Å². The van der Waals surface area contributed by atoms with Gasteiger partial charge < -0.3 is 5.32 Å². The predicted molar refractivity (Wildman–Crippen MR) is 109 cm³/mol. The summed E-state index contributed by atoms with van der Waals surface area (Å²) >= 11 is 1.22. The van der Waals surface area contributed by atoms with Crippen LogP contribution in [0.5, 0.6) is 0 Å². The van der Waals surface area contributed by atoms with Crippen LogP contribution < -0.4 is 10.6 Å². The van der Waals surface area contributed by atoms with Gasteiger partial charge in [-0.3, -0.25) is 15.4 Å². The largest absolute Gasteiger partial charge is 0.336 e. The Hall–Kier alpha value is -2.57. The maximum atomic E-state index is 13.1. The maximum absolute atomic E-state index is 13.1. The molecule has 0 bridgehead atoms. The first kappa shape index (κ1) is 21.1. The van der Waals surface area contributed by atoms with Gasteiger partial charge in [-0.2, -0.15) is 4.31 Å². The molecule has 0 atom stereocenters. The molecule has 2 amide bonds. The van der Waals surface area contributed by atoms with E-state index in [9.17, 15) is 23.3 Å². The molecule has 2 aromatic rings. The summed E-state index contributed by atoms with van der Waals surface area (Å²) in [6, 6.07) is 3.41. The van der Waals surface area contributed by atoms with Crippen molar-refractivity contribution in [3.63, 3.8) is 0 Å². The lowest BCUT2D eigenvalue weighted by Gasteiger charge is -2.25. The number of urea groups is 1. The van der Waals surface area contributed by atoms with Crippen LogP contribution in [-0.2, 0) is 23.0 Å². The van der Waals surface area contributed by atoms with E-state index in [0.717, 1.165) is 16.6 Å². The second-order valence-electron chi connectivity index (χ2n) is 6.94. The number of rotatable bonds is 5. The molecule has 156 valence electrons. The van der Waals surface area contributed by atoms with Crippen LogP contribution in [0.4, 0.5) is 15.6 Å². The molecule has 2 N–H and O–H groups in total. The summed E-state index contributed by atoms with van der Waals surface area (Å²) in [6.07, 6.45) is 0.395. The fourth-order valence-corrected chi connectivity index (χ4v) is 5.70. The summed E-state index contributed by atoms with van der Waals surface area (Å²) in [5, 5.41) is 16.8. The molecule has 2 heterocycles. The molecular formula is C17H21N5O5S2. The van der Waals surface area contributed by atoms with Crippen molar-refractivity contribution in [3.05, 3.63) is 44.4 Å². The monoisotopic (exact) mass is 439 g/mol. The van der Waals surface area contributed by atoms with E-state index in [1.54, 1.807) is 6.92 Å². The highest BCUT2D eigenvalue weighted by atomic mass is 32.2. The van der Waals surface area contributed by atoms with Crippen LogP contribution in [0.25, 0.3) is 0 Å². The number of aryl methyl sites for hydroxylation is 1. The minimum absolute atomic E-state index is 0.0246. The number of nitro benzene ring substituents is 1. The number of carbonyl (C=O) groups is 1. The third-order valence-corrected chi connectivity index (χ3v) is 7.32. The topological polar surface area (TPSA) is 135 Å². The lowest BCUT2D eigenvalue weighted by atomic mass is 10.2. The van der Waals surface area contributed by atoms with Crippen LogP contribution in [0.3, 0.4) is 0 Å². The molecule has 0 radical (unpaired) electrons. The standard InChI is InChI=1S/C17H21N5O5S2/c1-10(2)18-16(23)20-17-19-13-6-7-21(9-14(13)28-17)29(26,27)15-8-12(22(24)25)5-4-11(15)3/h4-5,8,10H,6-7,9H2,1-3H3,(H2,18,19,20,23). The van der Waals surface area contributed by atoms with E-state index in [-0.39, 0.29) is 35.7 Å². The van der Waals surface area contributed by atoms with Crippen molar-refractivity contribution in [1.82, 2.24) is 14.6 Å². The van der Waals surface area contributed by atoms with E-state index in [1.165, 1.54) is 27.8 Å². The second kappa shape index (κ2) is 8.05. The number of benzene rings is 1. The number of fused-ring (bicyclic) bond motifs is 1. The molecule has 0 saturated carbocycles. The van der Waals surface area contributed by atoms with Gasteiger partial charge >= 0.3 is 6.03 Å².